The van der Waals surface area contributed by atoms with Crippen molar-refractivity contribution in [3.8, 4) is 22.6 Å². The van der Waals surface area contributed by atoms with Gasteiger partial charge in [-0.25, -0.2) is 0 Å². The molecular formula is C32H35NO4. The Morgan fingerprint density at radius 1 is 0.946 bits per heavy atom. The molecule has 1 aliphatic heterocycles. The number of rotatable bonds is 12. The molecule has 1 saturated heterocycles. The summed E-state index contributed by atoms with van der Waals surface area (Å²) in [6, 6.07) is 21.1. The molecule has 0 amide bonds. The van der Waals surface area contributed by atoms with Crippen LogP contribution in [0.25, 0.3) is 17.2 Å². The van der Waals surface area contributed by atoms with Crippen LogP contribution in [0.15, 0.2) is 72.8 Å². The van der Waals surface area contributed by atoms with Gasteiger partial charge in [0.15, 0.2) is 12.1 Å². The summed E-state index contributed by atoms with van der Waals surface area (Å²) in [4.78, 5) is 25.0. The van der Waals surface area contributed by atoms with Crippen molar-refractivity contribution in [3.63, 3.8) is 0 Å². The summed E-state index contributed by atoms with van der Waals surface area (Å²) in [5.74, 6) is 1.53. The SMILES string of the molecule is CCCCOc1ccc(OCC2CCNCC2)cc1C(=O)/C=C\c1cc(-c2ccccc2)ccc1C=O. The van der Waals surface area contributed by atoms with Crippen molar-refractivity contribution in [2.45, 2.75) is 32.6 Å². The van der Waals surface area contributed by atoms with Crippen molar-refractivity contribution < 1.29 is 19.1 Å². The van der Waals surface area contributed by atoms with E-state index >= 15 is 0 Å². The third-order valence-electron chi connectivity index (χ3n) is 6.65. The number of aldehydes is 1. The van der Waals surface area contributed by atoms with Gasteiger partial charge < -0.3 is 14.8 Å². The molecule has 0 aromatic heterocycles. The number of piperidine rings is 1. The van der Waals surface area contributed by atoms with E-state index in [9.17, 15) is 9.59 Å². The van der Waals surface area contributed by atoms with Crippen LogP contribution in [0.1, 0.15) is 58.9 Å². The minimum atomic E-state index is -0.194. The van der Waals surface area contributed by atoms with Crippen LogP contribution in [0, 0.1) is 5.92 Å². The Morgan fingerprint density at radius 3 is 2.51 bits per heavy atom. The van der Waals surface area contributed by atoms with E-state index < -0.39 is 0 Å². The molecule has 5 heteroatoms. The first-order valence-electron chi connectivity index (χ1n) is 13.2. The van der Waals surface area contributed by atoms with Gasteiger partial charge in [-0.3, -0.25) is 9.59 Å². The van der Waals surface area contributed by atoms with Crippen LogP contribution in [0.5, 0.6) is 11.5 Å². The number of ketones is 1. The second kappa shape index (κ2) is 13.6. The van der Waals surface area contributed by atoms with E-state index in [4.69, 9.17) is 9.47 Å². The first kappa shape index (κ1) is 26.4. The van der Waals surface area contributed by atoms with Crippen LogP contribution < -0.4 is 14.8 Å². The molecular weight excluding hydrogens is 462 g/mol. The lowest BCUT2D eigenvalue weighted by atomic mass is 9.98. The molecule has 0 unspecified atom stereocenters. The topological polar surface area (TPSA) is 64.6 Å². The predicted molar refractivity (Wildman–Crippen MR) is 149 cm³/mol. The normalized spacial score (nSPS) is 14.0. The van der Waals surface area contributed by atoms with Gasteiger partial charge in [0.05, 0.1) is 18.8 Å². The zero-order valence-electron chi connectivity index (χ0n) is 21.5. The van der Waals surface area contributed by atoms with Crippen molar-refractivity contribution >= 4 is 18.1 Å². The monoisotopic (exact) mass is 497 g/mol. The second-order valence-electron chi connectivity index (χ2n) is 9.39. The minimum Gasteiger partial charge on any atom is -0.493 e. The number of hydrogen-bond acceptors (Lipinski definition) is 5. The van der Waals surface area contributed by atoms with E-state index in [0.717, 1.165) is 56.2 Å². The van der Waals surface area contributed by atoms with Crippen LogP contribution in [-0.2, 0) is 0 Å². The molecule has 192 valence electrons. The lowest BCUT2D eigenvalue weighted by Gasteiger charge is -2.22. The highest BCUT2D eigenvalue weighted by Crippen LogP contribution is 2.28. The second-order valence-corrected chi connectivity index (χ2v) is 9.39. The summed E-state index contributed by atoms with van der Waals surface area (Å²) in [6.45, 7) is 5.31. The van der Waals surface area contributed by atoms with Gasteiger partial charge in [-0.15, -0.1) is 0 Å². The van der Waals surface area contributed by atoms with Crippen molar-refractivity contribution in [2.24, 2.45) is 5.92 Å². The highest BCUT2D eigenvalue weighted by Gasteiger charge is 2.16. The number of benzene rings is 3. The van der Waals surface area contributed by atoms with E-state index in [0.29, 0.717) is 47.3 Å². The van der Waals surface area contributed by atoms with Gasteiger partial charge in [-0.05, 0) is 85.3 Å². The van der Waals surface area contributed by atoms with Gasteiger partial charge in [-0.2, -0.15) is 0 Å². The highest BCUT2D eigenvalue weighted by molar-refractivity contribution is 6.09. The van der Waals surface area contributed by atoms with E-state index in [1.54, 1.807) is 18.2 Å². The molecule has 0 atom stereocenters. The van der Waals surface area contributed by atoms with E-state index in [1.165, 1.54) is 6.08 Å². The summed E-state index contributed by atoms with van der Waals surface area (Å²) in [6.07, 6.45) is 8.13. The number of ether oxygens (including phenoxy) is 2. The molecule has 3 aromatic rings. The van der Waals surface area contributed by atoms with Crippen molar-refractivity contribution in [3.05, 3.63) is 89.5 Å². The molecule has 1 fully saturated rings. The molecule has 5 nitrogen and oxygen atoms in total. The zero-order valence-corrected chi connectivity index (χ0v) is 21.5. The van der Waals surface area contributed by atoms with E-state index in [-0.39, 0.29) is 5.78 Å². The van der Waals surface area contributed by atoms with Gasteiger partial charge in [0.25, 0.3) is 0 Å². The maximum absolute atomic E-state index is 13.4. The van der Waals surface area contributed by atoms with Crippen molar-refractivity contribution in [1.82, 2.24) is 5.32 Å². The summed E-state index contributed by atoms with van der Waals surface area (Å²) < 4.78 is 12.0. The van der Waals surface area contributed by atoms with E-state index in [1.807, 2.05) is 54.6 Å². The molecule has 0 aliphatic carbocycles. The first-order valence-corrected chi connectivity index (χ1v) is 13.2. The Hall–Kier alpha value is -3.70. The predicted octanol–water partition coefficient (Wildman–Crippen LogP) is 6.62. The molecule has 4 rings (SSSR count). The minimum absolute atomic E-state index is 0.194. The molecule has 1 heterocycles. The van der Waals surface area contributed by atoms with Gasteiger partial charge in [0.1, 0.15) is 11.5 Å². The standard InChI is InChI=1S/C32H35NO4/c1-2-3-19-36-32-14-12-29(37-23-24-15-17-33-18-16-24)21-30(32)31(35)13-11-27-20-26(9-10-28(27)22-34)25-7-5-4-6-8-25/h4-14,20-22,24,33H,2-3,15-19,23H2,1H3/b13-11-. The fourth-order valence-electron chi connectivity index (χ4n) is 4.40. The van der Waals surface area contributed by atoms with Gasteiger partial charge >= 0.3 is 0 Å². The lowest BCUT2D eigenvalue weighted by Crippen LogP contribution is -2.30. The lowest BCUT2D eigenvalue weighted by molar-refractivity contribution is 0.104. The summed E-state index contributed by atoms with van der Waals surface area (Å²) in [5.41, 5.74) is 3.71. The van der Waals surface area contributed by atoms with Crippen molar-refractivity contribution in [1.29, 1.82) is 0 Å². The number of allylic oxidation sites excluding steroid dienone is 1. The number of hydrogen-bond donors (Lipinski definition) is 1. The Morgan fingerprint density at radius 2 is 1.76 bits per heavy atom. The van der Waals surface area contributed by atoms with Gasteiger partial charge in [0.2, 0.25) is 0 Å². The Labute approximate surface area is 219 Å². The Bertz CT molecular complexity index is 1210. The molecule has 0 saturated carbocycles. The first-order chi connectivity index (χ1) is 18.2. The zero-order chi connectivity index (χ0) is 25.9. The molecule has 0 bridgehead atoms. The van der Waals surface area contributed by atoms with Crippen molar-refractivity contribution in [2.75, 3.05) is 26.3 Å². The van der Waals surface area contributed by atoms with Crippen LogP contribution in [0.2, 0.25) is 0 Å². The summed E-state index contributed by atoms with van der Waals surface area (Å²) in [5, 5.41) is 3.37. The molecule has 0 spiro atoms. The fraction of sp³-hybridized carbons (Fsp3) is 0.312. The number of nitrogens with one attached hydrogen (secondary N) is 1. The maximum Gasteiger partial charge on any atom is 0.189 e. The summed E-state index contributed by atoms with van der Waals surface area (Å²) >= 11 is 0. The molecule has 37 heavy (non-hydrogen) atoms. The smallest absolute Gasteiger partial charge is 0.189 e. The molecule has 1 N–H and O–H groups in total. The fourth-order valence-corrected chi connectivity index (χ4v) is 4.40. The number of unbranched alkanes of at least 4 members (excludes halogenated alkanes) is 1. The number of carbonyl (C=O) groups is 2. The molecule has 0 radical (unpaired) electrons. The highest BCUT2D eigenvalue weighted by atomic mass is 16.5. The Kier molecular flexibility index (Phi) is 9.67. The Balaban J connectivity index is 1.56. The third-order valence-corrected chi connectivity index (χ3v) is 6.65. The average Bonchev–Trinajstić information content (AvgIpc) is 2.96. The summed E-state index contributed by atoms with van der Waals surface area (Å²) in [7, 11) is 0. The van der Waals surface area contributed by atoms with Gasteiger partial charge in [0, 0.05) is 5.56 Å². The van der Waals surface area contributed by atoms with Gasteiger partial charge in [-0.1, -0.05) is 61.9 Å². The van der Waals surface area contributed by atoms with E-state index in [2.05, 4.69) is 12.2 Å². The van der Waals surface area contributed by atoms with Crippen LogP contribution in [0.3, 0.4) is 0 Å². The maximum atomic E-state index is 13.4. The average molecular weight is 498 g/mol. The third kappa shape index (κ3) is 7.40. The molecule has 3 aromatic carbocycles. The number of carbonyl (C=O) groups excluding carboxylic acids is 2. The van der Waals surface area contributed by atoms with Crippen LogP contribution in [-0.4, -0.2) is 38.4 Å². The molecule has 1 aliphatic rings. The van der Waals surface area contributed by atoms with Crippen LogP contribution in [0.4, 0.5) is 0 Å². The quantitative estimate of drug-likeness (QED) is 0.132. The van der Waals surface area contributed by atoms with Crippen LogP contribution >= 0.6 is 0 Å². The largest absolute Gasteiger partial charge is 0.493 e.